The van der Waals surface area contributed by atoms with Crippen molar-refractivity contribution < 1.29 is 18.7 Å². The van der Waals surface area contributed by atoms with Crippen LogP contribution >= 0.6 is 0 Å². The van der Waals surface area contributed by atoms with Gasteiger partial charge in [-0.3, -0.25) is 9.59 Å². The molecule has 0 aliphatic carbocycles. The van der Waals surface area contributed by atoms with Crippen LogP contribution in [-0.2, 0) is 9.53 Å². The normalized spacial score (nSPS) is 10.4. The number of nitrogens with zero attached hydrogens (tertiary/aromatic N) is 1. The van der Waals surface area contributed by atoms with Crippen molar-refractivity contribution in [3.05, 3.63) is 35.6 Å². The molecule has 0 spiro atoms. The maximum Gasteiger partial charge on any atom is 0.325 e. The van der Waals surface area contributed by atoms with Crippen molar-refractivity contribution in [2.75, 3.05) is 13.2 Å². The monoisotopic (exact) mass is 267 g/mol. The fraction of sp³-hybridized carbons (Fsp3) is 0.429. The Morgan fingerprint density at radius 2 is 1.95 bits per heavy atom. The van der Waals surface area contributed by atoms with E-state index in [1.165, 1.54) is 23.1 Å². The minimum absolute atomic E-state index is 0.0412. The Morgan fingerprint density at radius 1 is 1.32 bits per heavy atom. The summed E-state index contributed by atoms with van der Waals surface area (Å²) in [5.74, 6) is -1.61. The first-order valence-corrected chi connectivity index (χ1v) is 6.18. The number of hydrogen-bond donors (Lipinski definition) is 0. The molecule has 1 amide bonds. The third-order valence-electron chi connectivity index (χ3n) is 2.59. The Morgan fingerprint density at radius 3 is 2.47 bits per heavy atom. The Balaban J connectivity index is 2.91. The molecular weight excluding hydrogens is 249 g/mol. The van der Waals surface area contributed by atoms with Gasteiger partial charge in [0.05, 0.1) is 12.2 Å². The molecule has 104 valence electrons. The topological polar surface area (TPSA) is 46.6 Å². The smallest absolute Gasteiger partial charge is 0.325 e. The molecule has 0 atom stereocenters. The zero-order valence-electron chi connectivity index (χ0n) is 11.4. The van der Waals surface area contributed by atoms with E-state index in [1.54, 1.807) is 26.8 Å². The number of halogens is 1. The van der Waals surface area contributed by atoms with Crippen LogP contribution in [0.1, 0.15) is 31.1 Å². The molecule has 4 nitrogen and oxygen atoms in total. The third-order valence-corrected chi connectivity index (χ3v) is 2.59. The van der Waals surface area contributed by atoms with Crippen LogP contribution in [0.5, 0.6) is 0 Å². The van der Waals surface area contributed by atoms with Crippen molar-refractivity contribution in [1.82, 2.24) is 4.90 Å². The van der Waals surface area contributed by atoms with E-state index in [2.05, 4.69) is 0 Å². The van der Waals surface area contributed by atoms with E-state index >= 15 is 0 Å². The summed E-state index contributed by atoms with van der Waals surface area (Å²) in [7, 11) is 0. The van der Waals surface area contributed by atoms with E-state index in [1.807, 2.05) is 0 Å². The average Bonchev–Trinajstić information content (AvgIpc) is 2.36. The first kappa shape index (κ1) is 15.1. The van der Waals surface area contributed by atoms with Gasteiger partial charge in [-0.1, -0.05) is 12.1 Å². The molecule has 0 saturated heterocycles. The summed E-state index contributed by atoms with van der Waals surface area (Å²) in [6.45, 7) is 5.28. The van der Waals surface area contributed by atoms with Gasteiger partial charge in [-0.05, 0) is 32.9 Å². The third kappa shape index (κ3) is 4.05. The number of amides is 1. The van der Waals surface area contributed by atoms with Crippen molar-refractivity contribution in [2.24, 2.45) is 0 Å². The molecule has 0 heterocycles. The van der Waals surface area contributed by atoms with Crippen molar-refractivity contribution in [2.45, 2.75) is 26.8 Å². The predicted molar refractivity (Wildman–Crippen MR) is 69.2 cm³/mol. The lowest BCUT2D eigenvalue weighted by Gasteiger charge is -2.25. The molecule has 0 aliphatic heterocycles. The van der Waals surface area contributed by atoms with Gasteiger partial charge in [-0.2, -0.15) is 0 Å². The lowest BCUT2D eigenvalue weighted by Crippen LogP contribution is -2.41. The number of ether oxygens (including phenoxy) is 1. The number of rotatable bonds is 5. The highest BCUT2D eigenvalue weighted by molar-refractivity contribution is 5.96. The van der Waals surface area contributed by atoms with Gasteiger partial charge < -0.3 is 9.64 Å². The Labute approximate surface area is 112 Å². The summed E-state index contributed by atoms with van der Waals surface area (Å²) in [5, 5.41) is 0. The lowest BCUT2D eigenvalue weighted by molar-refractivity contribution is -0.144. The number of carbonyl (C=O) groups is 2. The lowest BCUT2D eigenvalue weighted by atomic mass is 10.1. The van der Waals surface area contributed by atoms with Gasteiger partial charge in [0.1, 0.15) is 12.4 Å². The van der Waals surface area contributed by atoms with Gasteiger partial charge in [0.15, 0.2) is 0 Å². The minimum Gasteiger partial charge on any atom is -0.465 e. The van der Waals surface area contributed by atoms with E-state index in [9.17, 15) is 14.0 Å². The largest absolute Gasteiger partial charge is 0.465 e. The zero-order valence-corrected chi connectivity index (χ0v) is 11.4. The van der Waals surface area contributed by atoms with Crippen LogP contribution in [0, 0.1) is 5.82 Å². The molecule has 0 aromatic heterocycles. The number of benzene rings is 1. The SMILES string of the molecule is CCOC(=O)CN(C(=O)c1ccccc1F)C(C)C. The van der Waals surface area contributed by atoms with Crippen molar-refractivity contribution in [3.8, 4) is 0 Å². The van der Waals surface area contributed by atoms with Crippen molar-refractivity contribution in [1.29, 1.82) is 0 Å². The van der Waals surface area contributed by atoms with Crippen LogP contribution in [-0.4, -0.2) is 36.0 Å². The second-order valence-corrected chi connectivity index (χ2v) is 4.31. The molecule has 0 saturated carbocycles. The second kappa shape index (κ2) is 6.87. The summed E-state index contributed by atoms with van der Waals surface area (Å²) in [6.07, 6.45) is 0. The van der Waals surface area contributed by atoms with Gasteiger partial charge in [0, 0.05) is 6.04 Å². The molecule has 5 heteroatoms. The summed E-state index contributed by atoms with van der Waals surface area (Å²) in [5.41, 5.74) is -0.0412. The van der Waals surface area contributed by atoms with Gasteiger partial charge in [0.25, 0.3) is 5.91 Å². The van der Waals surface area contributed by atoms with Gasteiger partial charge in [-0.15, -0.1) is 0 Å². The number of esters is 1. The first-order valence-electron chi connectivity index (χ1n) is 6.18. The van der Waals surface area contributed by atoms with E-state index in [4.69, 9.17) is 4.74 Å². The Hall–Kier alpha value is -1.91. The average molecular weight is 267 g/mol. The van der Waals surface area contributed by atoms with Crippen LogP contribution in [0.15, 0.2) is 24.3 Å². The molecule has 0 fully saturated rings. The van der Waals surface area contributed by atoms with E-state index in [0.29, 0.717) is 0 Å². The fourth-order valence-electron chi connectivity index (χ4n) is 1.62. The second-order valence-electron chi connectivity index (χ2n) is 4.31. The minimum atomic E-state index is -0.595. The molecule has 1 aromatic carbocycles. The first-order chi connectivity index (χ1) is 8.97. The summed E-state index contributed by atoms with van der Waals surface area (Å²) in [6, 6.07) is 5.49. The zero-order chi connectivity index (χ0) is 14.4. The van der Waals surface area contributed by atoms with Crippen LogP contribution < -0.4 is 0 Å². The highest BCUT2D eigenvalue weighted by Gasteiger charge is 2.24. The van der Waals surface area contributed by atoms with Gasteiger partial charge in [-0.25, -0.2) is 4.39 Å². The maximum atomic E-state index is 13.6. The molecule has 1 rings (SSSR count). The molecule has 19 heavy (non-hydrogen) atoms. The molecular formula is C14H18FNO3. The molecule has 0 radical (unpaired) electrons. The van der Waals surface area contributed by atoms with E-state index < -0.39 is 17.7 Å². The van der Waals surface area contributed by atoms with Crippen molar-refractivity contribution >= 4 is 11.9 Å². The molecule has 1 aromatic rings. The summed E-state index contributed by atoms with van der Waals surface area (Å²) < 4.78 is 18.4. The molecule has 0 aliphatic rings. The standard InChI is InChI=1S/C14H18FNO3/c1-4-19-13(17)9-16(10(2)3)14(18)11-7-5-6-8-12(11)15/h5-8,10H,4,9H2,1-3H3. The Kier molecular flexibility index (Phi) is 5.48. The summed E-state index contributed by atoms with van der Waals surface area (Å²) >= 11 is 0. The van der Waals surface area contributed by atoms with E-state index in [-0.39, 0.29) is 24.8 Å². The van der Waals surface area contributed by atoms with Gasteiger partial charge >= 0.3 is 5.97 Å². The van der Waals surface area contributed by atoms with E-state index in [0.717, 1.165) is 0 Å². The molecule has 0 bridgehead atoms. The highest BCUT2D eigenvalue weighted by Crippen LogP contribution is 2.12. The number of hydrogen-bond acceptors (Lipinski definition) is 3. The number of carbonyl (C=O) groups excluding carboxylic acids is 2. The molecule has 0 N–H and O–H groups in total. The van der Waals surface area contributed by atoms with Crippen LogP contribution in [0.4, 0.5) is 4.39 Å². The van der Waals surface area contributed by atoms with Crippen molar-refractivity contribution in [3.63, 3.8) is 0 Å². The Bertz CT molecular complexity index is 460. The summed E-state index contributed by atoms with van der Waals surface area (Å²) in [4.78, 5) is 25.0. The highest BCUT2D eigenvalue weighted by atomic mass is 19.1. The van der Waals surface area contributed by atoms with Crippen LogP contribution in [0.2, 0.25) is 0 Å². The quantitative estimate of drug-likeness (QED) is 0.769. The molecule has 0 unspecified atom stereocenters. The maximum absolute atomic E-state index is 13.6. The van der Waals surface area contributed by atoms with Crippen LogP contribution in [0.3, 0.4) is 0 Å². The fourth-order valence-corrected chi connectivity index (χ4v) is 1.62. The van der Waals surface area contributed by atoms with Crippen LogP contribution in [0.25, 0.3) is 0 Å². The van der Waals surface area contributed by atoms with Gasteiger partial charge in [0.2, 0.25) is 0 Å². The predicted octanol–water partition coefficient (Wildman–Crippen LogP) is 2.24.